The fourth-order valence-corrected chi connectivity index (χ4v) is 2.68. The Morgan fingerprint density at radius 2 is 1.95 bits per heavy atom. The lowest BCUT2D eigenvalue weighted by Gasteiger charge is -2.10. The van der Waals surface area contributed by atoms with Crippen molar-refractivity contribution in [2.75, 3.05) is 5.75 Å². The van der Waals surface area contributed by atoms with E-state index in [1.165, 1.54) is 22.9 Å². The molecule has 20 heavy (non-hydrogen) atoms. The molecule has 0 aliphatic carbocycles. The number of aromatic nitrogens is 2. The molecule has 5 heteroatoms. The van der Waals surface area contributed by atoms with Gasteiger partial charge in [0.15, 0.2) is 5.16 Å². The Hall–Kier alpha value is -1.75. The summed E-state index contributed by atoms with van der Waals surface area (Å²) >= 11 is 1.26. The van der Waals surface area contributed by atoms with Crippen LogP contribution in [0, 0.1) is 6.92 Å². The van der Waals surface area contributed by atoms with Crippen molar-refractivity contribution in [2.24, 2.45) is 0 Å². The van der Waals surface area contributed by atoms with Gasteiger partial charge in [0.1, 0.15) is 0 Å². The Morgan fingerprint density at radius 1 is 1.30 bits per heavy atom. The number of aliphatic carboxylic acids is 1. The van der Waals surface area contributed by atoms with E-state index < -0.39 is 5.97 Å². The number of hydrogen-bond acceptors (Lipinski definition) is 3. The quantitative estimate of drug-likeness (QED) is 0.831. The maximum Gasteiger partial charge on any atom is 0.313 e. The monoisotopic (exact) mass is 290 g/mol. The summed E-state index contributed by atoms with van der Waals surface area (Å²) in [6.07, 6.45) is 2.81. The van der Waals surface area contributed by atoms with Gasteiger partial charge in [0.05, 0.1) is 5.75 Å². The van der Waals surface area contributed by atoms with Crippen LogP contribution in [0.2, 0.25) is 0 Å². The smallest absolute Gasteiger partial charge is 0.313 e. The second kappa shape index (κ2) is 6.61. The molecule has 0 fully saturated rings. The van der Waals surface area contributed by atoms with Crippen molar-refractivity contribution in [3.05, 3.63) is 47.3 Å². The molecule has 1 N–H and O–H groups in total. The second-order valence-corrected chi connectivity index (χ2v) is 5.56. The molecule has 0 amide bonds. The molecule has 4 nitrogen and oxygen atoms in total. The van der Waals surface area contributed by atoms with Gasteiger partial charge in [-0.3, -0.25) is 4.79 Å². The number of imidazole rings is 1. The number of aryl methyl sites for hydroxylation is 2. The van der Waals surface area contributed by atoms with Crippen LogP contribution in [0.3, 0.4) is 0 Å². The molecule has 1 heterocycles. The maximum absolute atomic E-state index is 10.7. The van der Waals surface area contributed by atoms with Gasteiger partial charge in [-0.25, -0.2) is 4.98 Å². The number of carboxylic acids is 1. The van der Waals surface area contributed by atoms with Crippen LogP contribution in [0.25, 0.3) is 0 Å². The summed E-state index contributed by atoms with van der Waals surface area (Å²) in [6.45, 7) is 4.84. The average Bonchev–Trinajstić information content (AvgIpc) is 2.78. The van der Waals surface area contributed by atoms with Gasteiger partial charge in [-0.1, -0.05) is 43.0 Å². The van der Waals surface area contributed by atoms with Crippen LogP contribution in [-0.2, 0) is 17.8 Å². The zero-order valence-electron chi connectivity index (χ0n) is 11.7. The largest absolute Gasteiger partial charge is 0.481 e. The Morgan fingerprint density at radius 3 is 2.55 bits per heavy atom. The van der Waals surface area contributed by atoms with Gasteiger partial charge < -0.3 is 9.67 Å². The summed E-state index contributed by atoms with van der Waals surface area (Å²) < 4.78 is 2.05. The molecular formula is C15H18N2O2S. The molecule has 2 aromatic rings. The van der Waals surface area contributed by atoms with Gasteiger partial charge >= 0.3 is 5.97 Å². The number of hydrogen-bond donors (Lipinski definition) is 1. The first-order valence-corrected chi connectivity index (χ1v) is 7.53. The molecule has 0 unspecified atom stereocenters. The number of nitrogens with zero attached hydrogens (tertiary/aromatic N) is 2. The molecule has 0 aliphatic heterocycles. The molecule has 0 saturated carbocycles. The van der Waals surface area contributed by atoms with Crippen LogP contribution in [0.1, 0.15) is 23.7 Å². The van der Waals surface area contributed by atoms with E-state index in [2.05, 4.69) is 40.7 Å². The number of rotatable bonds is 6. The molecule has 1 aromatic carbocycles. The third-order valence-electron chi connectivity index (χ3n) is 3.12. The minimum Gasteiger partial charge on any atom is -0.481 e. The van der Waals surface area contributed by atoms with Gasteiger partial charge in [0, 0.05) is 18.4 Å². The van der Waals surface area contributed by atoms with E-state index in [-0.39, 0.29) is 5.75 Å². The lowest BCUT2D eigenvalue weighted by Crippen LogP contribution is -2.06. The standard InChI is InChI=1S/C15H18N2O2S/c1-3-12-4-6-13(7-5-12)9-17-11(2)8-16-15(17)20-10-14(18)19/h4-8H,3,9-10H2,1-2H3,(H,18,19). The first-order chi connectivity index (χ1) is 9.60. The summed E-state index contributed by atoms with van der Waals surface area (Å²) in [5, 5.41) is 9.52. The van der Waals surface area contributed by atoms with Gasteiger partial charge in [-0.05, 0) is 24.5 Å². The van der Waals surface area contributed by atoms with Crippen LogP contribution in [0.15, 0.2) is 35.6 Å². The van der Waals surface area contributed by atoms with Gasteiger partial charge in [0.2, 0.25) is 0 Å². The van der Waals surface area contributed by atoms with E-state index in [9.17, 15) is 4.79 Å². The summed E-state index contributed by atoms with van der Waals surface area (Å²) in [5.41, 5.74) is 3.55. The van der Waals surface area contributed by atoms with Crippen molar-refractivity contribution in [2.45, 2.75) is 32.0 Å². The number of benzene rings is 1. The molecule has 2 rings (SSSR count). The van der Waals surface area contributed by atoms with E-state index in [1.54, 1.807) is 6.20 Å². The van der Waals surface area contributed by atoms with Crippen molar-refractivity contribution in [3.63, 3.8) is 0 Å². The first-order valence-electron chi connectivity index (χ1n) is 6.54. The molecule has 0 radical (unpaired) electrons. The zero-order valence-corrected chi connectivity index (χ0v) is 12.5. The molecule has 1 aromatic heterocycles. The van der Waals surface area contributed by atoms with Crippen LogP contribution in [-0.4, -0.2) is 26.4 Å². The third kappa shape index (κ3) is 3.63. The summed E-state index contributed by atoms with van der Waals surface area (Å²) in [6, 6.07) is 8.49. The normalized spacial score (nSPS) is 10.7. The summed E-state index contributed by atoms with van der Waals surface area (Å²) in [5.74, 6) is -0.792. The van der Waals surface area contributed by atoms with Crippen LogP contribution >= 0.6 is 11.8 Å². The van der Waals surface area contributed by atoms with Crippen molar-refractivity contribution in [1.29, 1.82) is 0 Å². The SMILES string of the molecule is CCc1ccc(Cn2c(C)cnc2SCC(=O)O)cc1. The molecule has 0 saturated heterocycles. The Bertz CT molecular complexity index is 590. The summed E-state index contributed by atoms with van der Waals surface area (Å²) in [4.78, 5) is 14.9. The Labute approximate surface area is 122 Å². The van der Waals surface area contributed by atoms with Crippen LogP contribution in [0.4, 0.5) is 0 Å². The van der Waals surface area contributed by atoms with Gasteiger partial charge in [0.25, 0.3) is 0 Å². The molecule has 0 atom stereocenters. The number of carboxylic acid groups (broad SMARTS) is 1. The highest BCUT2D eigenvalue weighted by Gasteiger charge is 2.10. The number of thioether (sulfide) groups is 1. The van der Waals surface area contributed by atoms with Crippen LogP contribution < -0.4 is 0 Å². The Kier molecular flexibility index (Phi) is 4.84. The second-order valence-electron chi connectivity index (χ2n) is 4.62. The van der Waals surface area contributed by atoms with E-state index in [4.69, 9.17) is 5.11 Å². The van der Waals surface area contributed by atoms with Gasteiger partial charge in [-0.15, -0.1) is 0 Å². The van der Waals surface area contributed by atoms with E-state index in [0.29, 0.717) is 0 Å². The first kappa shape index (κ1) is 14.7. The topological polar surface area (TPSA) is 55.1 Å². The lowest BCUT2D eigenvalue weighted by atomic mass is 10.1. The van der Waals surface area contributed by atoms with Crippen molar-refractivity contribution in [1.82, 2.24) is 9.55 Å². The molecule has 0 spiro atoms. The van der Waals surface area contributed by atoms with E-state index in [1.807, 2.05) is 6.92 Å². The molecule has 0 bridgehead atoms. The number of carbonyl (C=O) groups is 1. The van der Waals surface area contributed by atoms with E-state index in [0.717, 1.165) is 23.8 Å². The minimum atomic E-state index is -0.825. The van der Waals surface area contributed by atoms with Crippen molar-refractivity contribution < 1.29 is 9.90 Å². The van der Waals surface area contributed by atoms with Crippen molar-refractivity contribution in [3.8, 4) is 0 Å². The zero-order chi connectivity index (χ0) is 14.5. The van der Waals surface area contributed by atoms with Crippen molar-refractivity contribution >= 4 is 17.7 Å². The lowest BCUT2D eigenvalue weighted by molar-refractivity contribution is -0.133. The van der Waals surface area contributed by atoms with E-state index >= 15 is 0 Å². The predicted molar refractivity (Wildman–Crippen MR) is 80.2 cm³/mol. The maximum atomic E-state index is 10.7. The van der Waals surface area contributed by atoms with Gasteiger partial charge in [-0.2, -0.15) is 0 Å². The molecular weight excluding hydrogens is 272 g/mol. The molecule has 106 valence electrons. The molecule has 0 aliphatic rings. The third-order valence-corrected chi connectivity index (χ3v) is 4.09. The fraction of sp³-hybridized carbons (Fsp3) is 0.333. The Balaban J connectivity index is 2.14. The highest BCUT2D eigenvalue weighted by atomic mass is 32.2. The average molecular weight is 290 g/mol. The highest BCUT2D eigenvalue weighted by Crippen LogP contribution is 2.20. The highest BCUT2D eigenvalue weighted by molar-refractivity contribution is 7.99. The minimum absolute atomic E-state index is 0.0330. The predicted octanol–water partition coefficient (Wildman–Crippen LogP) is 2.98. The fourth-order valence-electron chi connectivity index (χ4n) is 1.94. The van der Waals surface area contributed by atoms with Crippen LogP contribution in [0.5, 0.6) is 0 Å². The summed E-state index contributed by atoms with van der Waals surface area (Å²) in [7, 11) is 0.